The number of benzene rings is 3. The fourth-order valence-corrected chi connectivity index (χ4v) is 2.52. The lowest BCUT2D eigenvalue weighted by Gasteiger charge is -2.11. The van der Waals surface area contributed by atoms with Crippen LogP contribution < -0.4 is 5.46 Å². The summed E-state index contributed by atoms with van der Waals surface area (Å²) in [5.74, 6) is 0. The van der Waals surface area contributed by atoms with Crippen LogP contribution in [0.5, 0.6) is 0 Å². The van der Waals surface area contributed by atoms with Crippen LogP contribution in [0.4, 0.5) is 0 Å². The van der Waals surface area contributed by atoms with Gasteiger partial charge in [-0.2, -0.15) is 0 Å². The van der Waals surface area contributed by atoms with Crippen molar-refractivity contribution in [3.05, 3.63) is 78.9 Å². The molecule has 0 saturated heterocycles. The fourth-order valence-electron chi connectivity index (χ4n) is 2.52. The van der Waals surface area contributed by atoms with Crippen molar-refractivity contribution in [2.24, 2.45) is 0 Å². The SMILES string of the molecule is COB(O)c1cc(-c2ccccc2)cc(-c2ccccc2)c1. The van der Waals surface area contributed by atoms with Crippen molar-refractivity contribution in [2.75, 3.05) is 7.11 Å². The van der Waals surface area contributed by atoms with Crippen molar-refractivity contribution in [3.63, 3.8) is 0 Å². The average Bonchev–Trinajstić information content (AvgIpc) is 2.62. The molecule has 0 radical (unpaired) electrons. The van der Waals surface area contributed by atoms with E-state index in [-0.39, 0.29) is 0 Å². The molecule has 1 N–H and O–H groups in total. The maximum atomic E-state index is 10.0. The predicted octanol–water partition coefficient (Wildman–Crippen LogP) is 3.35. The molecular formula is C19H17BO2. The molecule has 0 aliphatic rings. The molecule has 0 aromatic heterocycles. The Balaban J connectivity index is 2.14. The molecule has 2 nitrogen and oxygen atoms in total. The monoisotopic (exact) mass is 288 g/mol. The van der Waals surface area contributed by atoms with Crippen LogP contribution >= 0.6 is 0 Å². The standard InChI is InChI=1S/C19H17BO2/c1-22-20(21)19-13-17(15-8-4-2-5-9-15)12-18(14-19)16-10-6-3-7-11-16/h2-14,21H,1H3. The first-order valence-electron chi connectivity index (χ1n) is 7.24. The highest BCUT2D eigenvalue weighted by Gasteiger charge is 2.17. The summed E-state index contributed by atoms with van der Waals surface area (Å²) in [4.78, 5) is 0. The second kappa shape index (κ2) is 6.61. The first-order chi connectivity index (χ1) is 10.8. The predicted molar refractivity (Wildman–Crippen MR) is 91.9 cm³/mol. The maximum Gasteiger partial charge on any atom is 0.490 e. The molecule has 3 heteroatoms. The molecule has 0 aliphatic carbocycles. The van der Waals surface area contributed by atoms with Gasteiger partial charge in [0.15, 0.2) is 0 Å². The van der Waals surface area contributed by atoms with Gasteiger partial charge >= 0.3 is 7.12 Å². The highest BCUT2D eigenvalue weighted by atomic mass is 16.5. The summed E-state index contributed by atoms with van der Waals surface area (Å²) in [7, 11) is 0.577. The number of hydrogen-bond acceptors (Lipinski definition) is 2. The third-order valence-electron chi connectivity index (χ3n) is 3.68. The summed E-state index contributed by atoms with van der Waals surface area (Å²) in [5, 5.41) is 10.0. The zero-order valence-corrected chi connectivity index (χ0v) is 12.4. The Bertz CT molecular complexity index is 684. The highest BCUT2D eigenvalue weighted by molar-refractivity contribution is 6.60. The van der Waals surface area contributed by atoms with Crippen molar-refractivity contribution in [1.82, 2.24) is 0 Å². The number of rotatable bonds is 4. The highest BCUT2D eigenvalue weighted by Crippen LogP contribution is 2.25. The van der Waals surface area contributed by atoms with Crippen LogP contribution in [-0.2, 0) is 4.65 Å². The van der Waals surface area contributed by atoms with E-state index in [1.807, 2.05) is 48.5 Å². The summed E-state index contributed by atoms with van der Waals surface area (Å²) in [6, 6.07) is 26.4. The zero-order valence-electron chi connectivity index (χ0n) is 12.4. The van der Waals surface area contributed by atoms with Gasteiger partial charge in [0.05, 0.1) is 0 Å². The van der Waals surface area contributed by atoms with Gasteiger partial charge < -0.3 is 9.68 Å². The average molecular weight is 288 g/mol. The third-order valence-corrected chi connectivity index (χ3v) is 3.68. The van der Waals surface area contributed by atoms with Crippen LogP contribution in [0.25, 0.3) is 22.3 Å². The molecule has 0 amide bonds. The summed E-state index contributed by atoms with van der Waals surface area (Å²) in [6.45, 7) is 0. The van der Waals surface area contributed by atoms with E-state index in [1.54, 1.807) is 0 Å². The molecule has 0 unspecified atom stereocenters. The van der Waals surface area contributed by atoms with Crippen LogP contribution in [-0.4, -0.2) is 19.3 Å². The van der Waals surface area contributed by atoms with E-state index in [2.05, 4.69) is 30.3 Å². The van der Waals surface area contributed by atoms with Crippen molar-refractivity contribution < 1.29 is 9.68 Å². The molecule has 0 fully saturated rings. The van der Waals surface area contributed by atoms with Gasteiger partial charge in [-0.1, -0.05) is 72.8 Å². The lowest BCUT2D eigenvalue weighted by molar-refractivity contribution is 0.341. The Labute approximate surface area is 131 Å². The first-order valence-corrected chi connectivity index (χ1v) is 7.24. The van der Waals surface area contributed by atoms with Gasteiger partial charge in [-0.3, -0.25) is 0 Å². The maximum absolute atomic E-state index is 10.0. The molecule has 3 aromatic carbocycles. The van der Waals surface area contributed by atoms with Gasteiger partial charge in [-0.15, -0.1) is 0 Å². The van der Waals surface area contributed by atoms with E-state index in [0.29, 0.717) is 0 Å². The molecule has 0 atom stereocenters. The summed E-state index contributed by atoms with van der Waals surface area (Å²) >= 11 is 0. The summed E-state index contributed by atoms with van der Waals surface area (Å²) < 4.78 is 5.07. The van der Waals surface area contributed by atoms with Crippen LogP contribution in [0, 0.1) is 0 Å². The summed E-state index contributed by atoms with van der Waals surface area (Å²) in [5.41, 5.74) is 5.11. The molecule has 0 saturated carbocycles. The van der Waals surface area contributed by atoms with Gasteiger partial charge in [-0.25, -0.2) is 0 Å². The van der Waals surface area contributed by atoms with Gasteiger partial charge in [-0.05, 0) is 33.8 Å². The Morgan fingerprint density at radius 3 is 1.55 bits per heavy atom. The Hall–Kier alpha value is -2.36. The van der Waals surface area contributed by atoms with Crippen LogP contribution in [0.2, 0.25) is 0 Å². The van der Waals surface area contributed by atoms with E-state index in [9.17, 15) is 5.02 Å². The van der Waals surface area contributed by atoms with Gasteiger partial charge in [0.2, 0.25) is 0 Å². The number of hydrogen-bond donors (Lipinski definition) is 1. The van der Waals surface area contributed by atoms with E-state index in [0.717, 1.165) is 27.7 Å². The van der Waals surface area contributed by atoms with Crippen LogP contribution in [0.3, 0.4) is 0 Å². The van der Waals surface area contributed by atoms with Crippen molar-refractivity contribution in [3.8, 4) is 22.3 Å². The Kier molecular flexibility index (Phi) is 4.38. The van der Waals surface area contributed by atoms with Crippen LogP contribution in [0.15, 0.2) is 78.9 Å². The summed E-state index contributed by atoms with van der Waals surface area (Å²) in [6.07, 6.45) is 0. The fraction of sp³-hybridized carbons (Fsp3) is 0.0526. The minimum Gasteiger partial charge on any atom is -0.423 e. The Morgan fingerprint density at radius 2 is 1.14 bits per heavy atom. The van der Waals surface area contributed by atoms with Crippen molar-refractivity contribution in [1.29, 1.82) is 0 Å². The van der Waals surface area contributed by atoms with E-state index in [1.165, 1.54) is 7.11 Å². The molecule has 0 heterocycles. The minimum absolute atomic E-state index is 0.753. The second-order valence-electron chi connectivity index (χ2n) is 5.16. The van der Waals surface area contributed by atoms with Crippen LogP contribution in [0.1, 0.15) is 0 Å². The molecule has 3 rings (SSSR count). The lowest BCUT2D eigenvalue weighted by Crippen LogP contribution is -2.32. The lowest BCUT2D eigenvalue weighted by atomic mass is 9.77. The molecule has 108 valence electrons. The molecular weight excluding hydrogens is 271 g/mol. The van der Waals surface area contributed by atoms with E-state index in [4.69, 9.17) is 4.65 Å². The van der Waals surface area contributed by atoms with E-state index < -0.39 is 7.12 Å². The largest absolute Gasteiger partial charge is 0.490 e. The normalized spacial score (nSPS) is 10.5. The molecule has 0 spiro atoms. The molecule has 22 heavy (non-hydrogen) atoms. The van der Waals surface area contributed by atoms with Crippen molar-refractivity contribution >= 4 is 12.6 Å². The third kappa shape index (κ3) is 3.11. The quantitative estimate of drug-likeness (QED) is 0.746. The molecule has 0 aliphatic heterocycles. The Morgan fingerprint density at radius 1 is 0.682 bits per heavy atom. The topological polar surface area (TPSA) is 29.5 Å². The zero-order chi connectivity index (χ0) is 15.4. The first kappa shape index (κ1) is 14.6. The van der Waals surface area contributed by atoms with Gasteiger partial charge in [0, 0.05) is 7.11 Å². The minimum atomic E-state index is -0.925. The second-order valence-corrected chi connectivity index (χ2v) is 5.16. The molecule has 0 bridgehead atoms. The van der Waals surface area contributed by atoms with Gasteiger partial charge in [0.25, 0.3) is 0 Å². The van der Waals surface area contributed by atoms with E-state index >= 15 is 0 Å². The smallest absolute Gasteiger partial charge is 0.423 e. The molecule has 3 aromatic rings. The van der Waals surface area contributed by atoms with Gasteiger partial charge in [0.1, 0.15) is 0 Å². The van der Waals surface area contributed by atoms with Crippen molar-refractivity contribution in [2.45, 2.75) is 0 Å².